The van der Waals surface area contributed by atoms with Gasteiger partial charge < -0.3 is 14.6 Å². The topological polar surface area (TPSA) is 125 Å². The van der Waals surface area contributed by atoms with Crippen LogP contribution < -0.4 is 19.8 Å². The number of hydrogen-bond donors (Lipinski definition) is 2. The molecule has 2 aliphatic carbocycles. The Morgan fingerprint density at radius 3 is 2.05 bits per heavy atom. The van der Waals surface area contributed by atoms with Crippen LogP contribution in [0.25, 0.3) is 0 Å². The Bertz CT molecular complexity index is 2480. The van der Waals surface area contributed by atoms with Crippen molar-refractivity contribution in [1.29, 1.82) is 0 Å². The second-order valence-electron chi connectivity index (χ2n) is 14.9. The minimum atomic E-state index is -5.26. The summed E-state index contributed by atoms with van der Waals surface area (Å²) in [6.07, 6.45) is -9.36. The Labute approximate surface area is 347 Å². The van der Waals surface area contributed by atoms with Gasteiger partial charge in [0.15, 0.2) is 0 Å². The molecule has 3 fully saturated rings. The van der Waals surface area contributed by atoms with Crippen molar-refractivity contribution in [3.8, 4) is 17.2 Å². The van der Waals surface area contributed by atoms with Gasteiger partial charge in [-0.05, 0) is 78.9 Å². The summed E-state index contributed by atoms with van der Waals surface area (Å²) in [5.74, 6) is -9.53. The number of benzene rings is 4. The largest absolute Gasteiger partial charge is 0.508 e. The summed E-state index contributed by atoms with van der Waals surface area (Å²) in [5.41, 5.74) is -2.20. The number of phenols is 1. The number of aromatic hydroxyl groups is 1. The third kappa shape index (κ3) is 6.33. The predicted octanol–water partition coefficient (Wildman–Crippen LogP) is 8.94. The lowest BCUT2D eigenvalue weighted by atomic mass is 9.49. The third-order valence-electron chi connectivity index (χ3n) is 11.9. The third-order valence-corrected chi connectivity index (χ3v) is 12.5. The van der Waals surface area contributed by atoms with Crippen LogP contribution >= 0.6 is 23.2 Å². The van der Waals surface area contributed by atoms with Crippen LogP contribution in [0.5, 0.6) is 17.2 Å². The standard InChI is InChI=1S/C42H31Cl2F6N3O7/c1-59-25-7-3-19(4-8-25)40-30(37(56)53(39(40)58)51-32-12-5-22(43)16-31(32)44)18-29-26(35(40)27-9-6-24(54)17-33(27)60-2)10-11-28-34(29)38(57)52(36(28)55)23-14-20(41(45,46)47)13-21(15-23)42(48,49)50/h3-10,12-17,28-30,34-35,51,54H,11,18H2,1-2H3/t28-,29+,30-,34-,35+,40+/m0/s1. The number of halogens is 8. The molecule has 2 N–H and O–H groups in total. The number of allylic oxidation sites excluding steroid dienone is 2. The molecule has 0 spiro atoms. The fourth-order valence-electron chi connectivity index (χ4n) is 9.45. The van der Waals surface area contributed by atoms with E-state index in [1.807, 2.05) is 0 Å². The van der Waals surface area contributed by atoms with E-state index in [4.69, 9.17) is 32.7 Å². The quantitative estimate of drug-likeness (QED) is 0.107. The molecule has 10 nitrogen and oxygen atoms in total. The maximum atomic E-state index is 15.5. The van der Waals surface area contributed by atoms with Crippen LogP contribution in [-0.4, -0.2) is 48.0 Å². The van der Waals surface area contributed by atoms with Gasteiger partial charge in [-0.15, -0.1) is 0 Å². The maximum Gasteiger partial charge on any atom is 0.416 e. The molecule has 4 aromatic carbocycles. The number of nitrogens with zero attached hydrogens (tertiary/aromatic N) is 2. The molecule has 4 aliphatic rings. The first-order chi connectivity index (χ1) is 28.3. The number of ether oxygens (including phenoxy) is 2. The first-order valence-electron chi connectivity index (χ1n) is 18.3. The van der Waals surface area contributed by atoms with Crippen molar-refractivity contribution in [2.24, 2.45) is 23.7 Å². The van der Waals surface area contributed by atoms with Crippen LogP contribution in [0.4, 0.5) is 37.7 Å². The highest BCUT2D eigenvalue weighted by atomic mass is 35.5. The number of methoxy groups -OCH3 is 2. The van der Waals surface area contributed by atoms with E-state index in [9.17, 15) is 45.8 Å². The number of rotatable bonds is 7. The van der Waals surface area contributed by atoms with E-state index in [0.717, 1.165) is 5.01 Å². The highest BCUT2D eigenvalue weighted by molar-refractivity contribution is 6.36. The molecule has 1 saturated carbocycles. The molecule has 0 aromatic heterocycles. The zero-order valence-corrected chi connectivity index (χ0v) is 32.7. The fourth-order valence-corrected chi connectivity index (χ4v) is 9.90. The molecule has 2 aliphatic heterocycles. The minimum Gasteiger partial charge on any atom is -0.508 e. The van der Waals surface area contributed by atoms with Crippen molar-refractivity contribution in [3.63, 3.8) is 0 Å². The number of fused-ring (bicyclic) bond motifs is 4. The van der Waals surface area contributed by atoms with Crippen LogP contribution in [0, 0.1) is 23.7 Å². The molecule has 8 rings (SSSR count). The highest BCUT2D eigenvalue weighted by Gasteiger charge is 2.71. The average Bonchev–Trinajstić information content (AvgIpc) is 3.58. The first kappa shape index (κ1) is 41.0. The van der Waals surface area contributed by atoms with Gasteiger partial charge >= 0.3 is 12.4 Å². The Balaban J connectivity index is 1.33. The molecule has 4 amide bonds. The van der Waals surface area contributed by atoms with Gasteiger partial charge in [0.25, 0.3) is 11.8 Å². The number of alkyl halides is 6. The SMILES string of the molecule is COc1ccc([C@@]23C(=O)N(Nc4ccc(Cl)cc4Cl)C(=O)[C@@H]2C[C@@H]2C(=CC[C@@H]4C(=O)N(c5cc(C(F)(F)F)cc(C(F)(F)F)c5)C(=O)[C@@H]42)[C@@H]3c2ccc(O)cc2OC)cc1. The summed E-state index contributed by atoms with van der Waals surface area (Å²) in [6.45, 7) is 0. The Kier molecular flexibility index (Phi) is 9.89. The van der Waals surface area contributed by atoms with Gasteiger partial charge in [-0.25, -0.2) is 4.90 Å². The van der Waals surface area contributed by atoms with Crippen molar-refractivity contribution >= 4 is 58.2 Å². The van der Waals surface area contributed by atoms with Crippen molar-refractivity contribution in [3.05, 3.63) is 123 Å². The number of phenolic OH excluding ortho intramolecular Hbond substituents is 1. The molecule has 0 bridgehead atoms. The van der Waals surface area contributed by atoms with Gasteiger partial charge in [-0.1, -0.05) is 53.1 Å². The molecule has 0 radical (unpaired) electrons. The van der Waals surface area contributed by atoms with Gasteiger partial charge in [-0.2, -0.15) is 31.4 Å². The molecule has 18 heteroatoms. The second kappa shape index (κ2) is 14.5. The molecule has 4 aromatic rings. The molecule has 312 valence electrons. The number of hydrazine groups is 1. The van der Waals surface area contributed by atoms with E-state index >= 15 is 4.79 Å². The van der Waals surface area contributed by atoms with Crippen LogP contribution in [0.2, 0.25) is 10.0 Å². The molecule has 2 heterocycles. The van der Waals surface area contributed by atoms with Gasteiger partial charge in [-0.3, -0.25) is 24.6 Å². The highest BCUT2D eigenvalue weighted by Crippen LogP contribution is 2.65. The summed E-state index contributed by atoms with van der Waals surface area (Å²) in [7, 11) is 2.76. The lowest BCUT2D eigenvalue weighted by Crippen LogP contribution is -2.53. The monoisotopic (exact) mass is 873 g/mol. The lowest BCUT2D eigenvalue weighted by molar-refractivity contribution is -0.143. The number of carbonyl (C=O) groups is 4. The number of nitrogens with one attached hydrogen (secondary N) is 1. The van der Waals surface area contributed by atoms with Crippen LogP contribution in [-0.2, 0) is 36.9 Å². The Morgan fingerprint density at radius 2 is 1.45 bits per heavy atom. The molecule has 60 heavy (non-hydrogen) atoms. The van der Waals surface area contributed by atoms with E-state index in [0.29, 0.717) is 39.5 Å². The lowest BCUT2D eigenvalue weighted by Gasteiger charge is -2.50. The van der Waals surface area contributed by atoms with Crippen molar-refractivity contribution in [1.82, 2.24) is 5.01 Å². The number of carbonyl (C=O) groups excluding carboxylic acids is 4. The maximum absolute atomic E-state index is 15.5. The van der Waals surface area contributed by atoms with Crippen molar-refractivity contribution in [2.45, 2.75) is 36.5 Å². The van der Waals surface area contributed by atoms with Gasteiger partial charge in [0.1, 0.15) is 17.2 Å². The van der Waals surface area contributed by atoms with E-state index in [2.05, 4.69) is 5.43 Å². The van der Waals surface area contributed by atoms with Gasteiger partial charge in [0, 0.05) is 22.6 Å². The van der Waals surface area contributed by atoms with Crippen molar-refractivity contribution < 1.29 is 60.1 Å². The zero-order valence-electron chi connectivity index (χ0n) is 31.2. The fraction of sp³-hybridized carbons (Fsp3) is 0.286. The minimum absolute atomic E-state index is 0.0610. The van der Waals surface area contributed by atoms with Crippen molar-refractivity contribution in [2.75, 3.05) is 24.5 Å². The van der Waals surface area contributed by atoms with Crippen LogP contribution in [0.15, 0.2) is 90.5 Å². The summed E-state index contributed by atoms with van der Waals surface area (Å²) in [6, 6.07) is 15.4. The van der Waals surface area contributed by atoms with Crippen LogP contribution in [0.3, 0.4) is 0 Å². The van der Waals surface area contributed by atoms with E-state index in [-0.39, 0.29) is 46.1 Å². The molecular weight excluding hydrogens is 843 g/mol. The van der Waals surface area contributed by atoms with Gasteiger partial charge in [0.2, 0.25) is 11.8 Å². The van der Waals surface area contributed by atoms with E-state index in [1.165, 1.54) is 50.6 Å². The normalized spacial score (nSPS) is 25.2. The molecular formula is C42H31Cl2F6N3O7. The van der Waals surface area contributed by atoms with Gasteiger partial charge in [0.05, 0.1) is 64.9 Å². The summed E-state index contributed by atoms with van der Waals surface area (Å²) < 4.78 is 94.9. The number of amides is 4. The summed E-state index contributed by atoms with van der Waals surface area (Å²) in [4.78, 5) is 59.5. The average molecular weight is 875 g/mol. The Morgan fingerprint density at radius 1 is 0.783 bits per heavy atom. The smallest absolute Gasteiger partial charge is 0.416 e. The zero-order chi connectivity index (χ0) is 43.2. The second-order valence-corrected chi connectivity index (χ2v) is 15.8. The number of anilines is 2. The van der Waals surface area contributed by atoms with E-state index in [1.54, 1.807) is 30.3 Å². The Hall–Kier alpha value is -5.74. The first-order valence-corrected chi connectivity index (χ1v) is 19.1. The predicted molar refractivity (Wildman–Crippen MR) is 204 cm³/mol. The number of hydrogen-bond acceptors (Lipinski definition) is 8. The number of imide groups is 2. The summed E-state index contributed by atoms with van der Waals surface area (Å²) >= 11 is 12.6. The molecule has 6 atom stereocenters. The van der Waals surface area contributed by atoms with E-state index < -0.39 is 87.8 Å². The molecule has 0 unspecified atom stereocenters. The molecule has 2 saturated heterocycles. The summed E-state index contributed by atoms with van der Waals surface area (Å²) in [5, 5.41) is 11.7. The van der Waals surface area contributed by atoms with Crippen LogP contribution in [0.1, 0.15) is 41.0 Å².